The van der Waals surface area contributed by atoms with Gasteiger partial charge >= 0.3 is 0 Å². The summed E-state index contributed by atoms with van der Waals surface area (Å²) in [5, 5.41) is 11.1. The first kappa shape index (κ1) is 10.5. The molecule has 17 heavy (non-hydrogen) atoms. The van der Waals surface area contributed by atoms with Crippen molar-refractivity contribution in [1.29, 1.82) is 0 Å². The second kappa shape index (κ2) is 4.71. The standard InChI is InChI=1S/C12H17N5/c1-2-7-17-11(5-1)15-12(16-17)14-9-10-4-3-6-13-8-10/h1-2,5,7,10,13H,3-4,6,8-9H2,(H,14,16). The summed E-state index contributed by atoms with van der Waals surface area (Å²) < 4.78 is 1.79. The number of nitrogens with one attached hydrogen (secondary N) is 2. The van der Waals surface area contributed by atoms with E-state index >= 15 is 0 Å². The maximum Gasteiger partial charge on any atom is 0.243 e. The molecular formula is C12H17N5. The second-order valence-corrected chi connectivity index (χ2v) is 4.53. The predicted octanol–water partition coefficient (Wildman–Crippen LogP) is 1.14. The fourth-order valence-electron chi connectivity index (χ4n) is 2.24. The van der Waals surface area contributed by atoms with Gasteiger partial charge in [-0.25, -0.2) is 4.52 Å². The second-order valence-electron chi connectivity index (χ2n) is 4.53. The van der Waals surface area contributed by atoms with Crippen molar-refractivity contribution in [1.82, 2.24) is 19.9 Å². The van der Waals surface area contributed by atoms with Gasteiger partial charge in [-0.15, -0.1) is 5.10 Å². The molecule has 0 aromatic carbocycles. The van der Waals surface area contributed by atoms with E-state index in [0.29, 0.717) is 5.92 Å². The van der Waals surface area contributed by atoms with Crippen LogP contribution in [0.15, 0.2) is 24.4 Å². The molecule has 3 rings (SSSR count). The highest BCUT2D eigenvalue weighted by Gasteiger charge is 2.13. The molecule has 5 heteroatoms. The van der Waals surface area contributed by atoms with E-state index in [0.717, 1.165) is 31.2 Å². The molecule has 1 saturated heterocycles. The van der Waals surface area contributed by atoms with Crippen LogP contribution in [0.5, 0.6) is 0 Å². The van der Waals surface area contributed by atoms with E-state index in [4.69, 9.17) is 0 Å². The Labute approximate surface area is 100 Å². The lowest BCUT2D eigenvalue weighted by Crippen LogP contribution is -2.33. The molecule has 1 unspecified atom stereocenters. The van der Waals surface area contributed by atoms with Crippen molar-refractivity contribution in [2.24, 2.45) is 5.92 Å². The lowest BCUT2D eigenvalue weighted by Gasteiger charge is -2.22. The predicted molar refractivity (Wildman–Crippen MR) is 67.1 cm³/mol. The molecule has 0 radical (unpaired) electrons. The molecule has 2 aromatic rings. The molecule has 0 amide bonds. The van der Waals surface area contributed by atoms with Crippen molar-refractivity contribution in [2.75, 3.05) is 25.0 Å². The molecular weight excluding hydrogens is 214 g/mol. The first-order chi connectivity index (χ1) is 8.42. The Morgan fingerprint density at radius 3 is 3.29 bits per heavy atom. The third kappa shape index (κ3) is 2.39. The van der Waals surface area contributed by atoms with Crippen LogP contribution in [-0.4, -0.2) is 34.2 Å². The number of aromatic nitrogens is 3. The normalized spacial score (nSPS) is 20.6. The number of rotatable bonds is 3. The topological polar surface area (TPSA) is 54.2 Å². The maximum atomic E-state index is 4.42. The number of anilines is 1. The van der Waals surface area contributed by atoms with Crippen molar-refractivity contribution in [2.45, 2.75) is 12.8 Å². The van der Waals surface area contributed by atoms with Gasteiger partial charge in [-0.2, -0.15) is 4.98 Å². The highest BCUT2D eigenvalue weighted by atomic mass is 15.3. The minimum absolute atomic E-state index is 0.690. The van der Waals surface area contributed by atoms with Crippen LogP contribution in [0.4, 0.5) is 5.95 Å². The molecule has 0 bridgehead atoms. The molecule has 0 saturated carbocycles. The zero-order valence-corrected chi connectivity index (χ0v) is 9.76. The van der Waals surface area contributed by atoms with E-state index in [2.05, 4.69) is 20.7 Å². The Morgan fingerprint density at radius 2 is 2.47 bits per heavy atom. The molecule has 0 spiro atoms. The van der Waals surface area contributed by atoms with Gasteiger partial charge in [0, 0.05) is 12.7 Å². The smallest absolute Gasteiger partial charge is 0.243 e. The van der Waals surface area contributed by atoms with Crippen molar-refractivity contribution < 1.29 is 0 Å². The summed E-state index contributed by atoms with van der Waals surface area (Å²) in [7, 11) is 0. The van der Waals surface area contributed by atoms with Gasteiger partial charge in [0.25, 0.3) is 0 Å². The quantitative estimate of drug-likeness (QED) is 0.831. The number of piperidine rings is 1. The van der Waals surface area contributed by atoms with Crippen molar-refractivity contribution >= 4 is 11.6 Å². The largest absolute Gasteiger partial charge is 0.353 e. The number of hydrogen-bond acceptors (Lipinski definition) is 4. The van der Waals surface area contributed by atoms with E-state index in [1.165, 1.54) is 12.8 Å². The number of hydrogen-bond donors (Lipinski definition) is 2. The van der Waals surface area contributed by atoms with E-state index in [1.54, 1.807) is 4.52 Å². The Kier molecular flexibility index (Phi) is 2.92. The van der Waals surface area contributed by atoms with Crippen molar-refractivity contribution in [3.63, 3.8) is 0 Å². The maximum absolute atomic E-state index is 4.42. The Morgan fingerprint density at radius 1 is 1.47 bits per heavy atom. The first-order valence-electron chi connectivity index (χ1n) is 6.18. The van der Waals surface area contributed by atoms with Crippen LogP contribution in [0.2, 0.25) is 0 Å². The Balaban J connectivity index is 1.64. The summed E-state index contributed by atoms with van der Waals surface area (Å²) in [5.41, 5.74) is 0.886. The zero-order chi connectivity index (χ0) is 11.5. The van der Waals surface area contributed by atoms with Crippen molar-refractivity contribution in [3.8, 4) is 0 Å². The average molecular weight is 231 g/mol. The minimum atomic E-state index is 0.690. The molecule has 5 nitrogen and oxygen atoms in total. The molecule has 1 aliphatic heterocycles. The van der Waals surface area contributed by atoms with Gasteiger partial charge in [0.2, 0.25) is 5.95 Å². The van der Waals surface area contributed by atoms with Gasteiger partial charge in [0.15, 0.2) is 5.65 Å². The number of nitrogens with zero attached hydrogens (tertiary/aromatic N) is 3. The third-order valence-electron chi connectivity index (χ3n) is 3.19. The summed E-state index contributed by atoms with van der Waals surface area (Å²) in [6.45, 7) is 3.20. The number of pyridine rings is 1. The Bertz CT molecular complexity index is 453. The third-order valence-corrected chi connectivity index (χ3v) is 3.19. The van der Waals surface area contributed by atoms with Crippen LogP contribution in [0.25, 0.3) is 5.65 Å². The van der Waals surface area contributed by atoms with Gasteiger partial charge < -0.3 is 10.6 Å². The van der Waals surface area contributed by atoms with Crippen LogP contribution >= 0.6 is 0 Å². The van der Waals surface area contributed by atoms with Crippen molar-refractivity contribution in [3.05, 3.63) is 24.4 Å². The van der Waals surface area contributed by atoms with Gasteiger partial charge in [0.05, 0.1) is 0 Å². The molecule has 1 fully saturated rings. The fraction of sp³-hybridized carbons (Fsp3) is 0.500. The summed E-state index contributed by atoms with van der Waals surface area (Å²) in [4.78, 5) is 4.42. The van der Waals surface area contributed by atoms with Crippen LogP contribution in [0.1, 0.15) is 12.8 Å². The van der Waals surface area contributed by atoms with Gasteiger partial charge in [-0.3, -0.25) is 0 Å². The van der Waals surface area contributed by atoms with E-state index in [9.17, 15) is 0 Å². The lowest BCUT2D eigenvalue weighted by molar-refractivity contribution is 0.392. The van der Waals surface area contributed by atoms with Gasteiger partial charge in [-0.05, 0) is 44.0 Å². The van der Waals surface area contributed by atoms with Crippen LogP contribution in [-0.2, 0) is 0 Å². The molecule has 1 aliphatic rings. The zero-order valence-electron chi connectivity index (χ0n) is 9.76. The lowest BCUT2D eigenvalue weighted by atomic mass is 10.00. The average Bonchev–Trinajstić information content (AvgIpc) is 2.80. The van der Waals surface area contributed by atoms with Gasteiger partial charge in [0.1, 0.15) is 0 Å². The van der Waals surface area contributed by atoms with E-state index < -0.39 is 0 Å². The van der Waals surface area contributed by atoms with E-state index in [1.807, 2.05) is 24.4 Å². The van der Waals surface area contributed by atoms with Crippen LogP contribution < -0.4 is 10.6 Å². The summed E-state index contributed by atoms with van der Waals surface area (Å²) in [6.07, 6.45) is 4.47. The van der Waals surface area contributed by atoms with E-state index in [-0.39, 0.29) is 0 Å². The monoisotopic (exact) mass is 231 g/mol. The van der Waals surface area contributed by atoms with Crippen LogP contribution in [0, 0.1) is 5.92 Å². The van der Waals surface area contributed by atoms with Gasteiger partial charge in [-0.1, -0.05) is 6.07 Å². The highest BCUT2D eigenvalue weighted by Crippen LogP contribution is 2.11. The Hall–Kier alpha value is -1.62. The summed E-state index contributed by atoms with van der Waals surface area (Å²) in [6, 6.07) is 5.88. The molecule has 3 heterocycles. The molecule has 0 aliphatic carbocycles. The number of fused-ring (bicyclic) bond motifs is 1. The molecule has 2 aromatic heterocycles. The fourth-order valence-corrected chi connectivity index (χ4v) is 2.24. The molecule has 90 valence electrons. The SMILES string of the molecule is c1ccn2nc(NCC3CCCNC3)nc2c1. The summed E-state index contributed by atoms with van der Waals surface area (Å²) in [5.74, 6) is 1.41. The highest BCUT2D eigenvalue weighted by molar-refractivity contribution is 5.42. The molecule has 1 atom stereocenters. The first-order valence-corrected chi connectivity index (χ1v) is 6.18. The molecule has 2 N–H and O–H groups in total. The summed E-state index contributed by atoms with van der Waals surface area (Å²) >= 11 is 0. The van der Waals surface area contributed by atoms with Crippen LogP contribution in [0.3, 0.4) is 0 Å². The minimum Gasteiger partial charge on any atom is -0.353 e.